The first-order chi connectivity index (χ1) is 15.0. The van der Waals surface area contributed by atoms with Gasteiger partial charge < -0.3 is 18.8 Å². The highest BCUT2D eigenvalue weighted by molar-refractivity contribution is 7.16. The second-order valence-electron chi connectivity index (χ2n) is 6.91. The highest BCUT2D eigenvalue weighted by Gasteiger charge is 2.18. The van der Waals surface area contributed by atoms with E-state index in [4.69, 9.17) is 14.2 Å². The van der Waals surface area contributed by atoms with Gasteiger partial charge in [-0.2, -0.15) is 4.99 Å². The van der Waals surface area contributed by atoms with Crippen LogP contribution in [0.2, 0.25) is 0 Å². The summed E-state index contributed by atoms with van der Waals surface area (Å²) in [5.41, 5.74) is 2.33. The van der Waals surface area contributed by atoms with E-state index in [0.717, 1.165) is 29.5 Å². The first-order valence-electron chi connectivity index (χ1n) is 10.0. The van der Waals surface area contributed by atoms with Gasteiger partial charge in [-0.15, -0.1) is 0 Å². The van der Waals surface area contributed by atoms with Gasteiger partial charge in [-0.3, -0.25) is 9.59 Å². The van der Waals surface area contributed by atoms with Crippen LogP contribution in [0.3, 0.4) is 0 Å². The van der Waals surface area contributed by atoms with Gasteiger partial charge in [0, 0.05) is 0 Å². The van der Waals surface area contributed by atoms with Gasteiger partial charge in [-0.25, -0.2) is 0 Å². The molecule has 0 unspecified atom stereocenters. The van der Waals surface area contributed by atoms with Crippen LogP contribution in [-0.2, 0) is 22.5 Å². The normalized spacial score (nSPS) is 11.5. The number of nitrogens with zero attached hydrogens (tertiary/aromatic N) is 2. The Hall–Kier alpha value is -3.13. The maximum atomic E-state index is 13.0. The Morgan fingerprint density at radius 3 is 2.58 bits per heavy atom. The van der Waals surface area contributed by atoms with E-state index in [9.17, 15) is 9.59 Å². The predicted octanol–water partition coefficient (Wildman–Crippen LogP) is 3.98. The van der Waals surface area contributed by atoms with Gasteiger partial charge in [-0.1, -0.05) is 36.8 Å². The van der Waals surface area contributed by atoms with Gasteiger partial charge in [0.05, 0.1) is 37.1 Å². The number of aromatic nitrogens is 1. The van der Waals surface area contributed by atoms with Crippen molar-refractivity contribution in [3.05, 3.63) is 52.3 Å². The fourth-order valence-corrected chi connectivity index (χ4v) is 4.38. The topological polar surface area (TPSA) is 79.1 Å². The Morgan fingerprint density at radius 2 is 1.90 bits per heavy atom. The average Bonchev–Trinajstić information content (AvgIpc) is 3.12. The molecule has 0 saturated carbocycles. The number of carbonyl (C=O) groups is 2. The SMILES string of the molecule is CCCCc1ccc2c(c1)sc(=NC(=O)c1cccc(OC)c1OC)n2CC(=O)OC. The Bertz CT molecular complexity index is 1160. The summed E-state index contributed by atoms with van der Waals surface area (Å²) in [6, 6.07) is 11.2. The predicted molar refractivity (Wildman–Crippen MR) is 120 cm³/mol. The molecule has 0 N–H and O–H groups in total. The maximum absolute atomic E-state index is 13.0. The van der Waals surface area contributed by atoms with Crippen molar-refractivity contribution in [2.45, 2.75) is 32.7 Å². The Morgan fingerprint density at radius 1 is 1.10 bits per heavy atom. The molecule has 7 nitrogen and oxygen atoms in total. The average molecular weight is 443 g/mol. The number of carbonyl (C=O) groups excluding carboxylic acids is 2. The molecule has 0 aliphatic rings. The molecule has 0 saturated heterocycles. The lowest BCUT2D eigenvalue weighted by Crippen LogP contribution is -2.22. The minimum absolute atomic E-state index is 0.0355. The summed E-state index contributed by atoms with van der Waals surface area (Å²) in [6.07, 6.45) is 3.19. The number of esters is 1. The Balaban J connectivity index is 2.13. The van der Waals surface area contributed by atoms with Crippen LogP contribution in [0.15, 0.2) is 41.4 Å². The fourth-order valence-electron chi connectivity index (χ4n) is 3.29. The number of thiazole rings is 1. The number of unbranched alkanes of at least 4 members (excludes halogenated alkanes) is 1. The van der Waals surface area contributed by atoms with Crippen molar-refractivity contribution in [1.29, 1.82) is 0 Å². The van der Waals surface area contributed by atoms with Crippen LogP contribution in [0.25, 0.3) is 10.2 Å². The van der Waals surface area contributed by atoms with Crippen molar-refractivity contribution in [2.24, 2.45) is 4.99 Å². The molecule has 0 aliphatic carbocycles. The molecule has 0 spiro atoms. The summed E-state index contributed by atoms with van der Waals surface area (Å²) in [4.78, 5) is 29.8. The molecule has 0 bridgehead atoms. The van der Waals surface area contributed by atoms with Crippen LogP contribution >= 0.6 is 11.3 Å². The fraction of sp³-hybridized carbons (Fsp3) is 0.348. The highest BCUT2D eigenvalue weighted by Crippen LogP contribution is 2.31. The molecular formula is C23H26N2O5S. The molecule has 0 aliphatic heterocycles. The molecule has 0 radical (unpaired) electrons. The first-order valence-corrected chi connectivity index (χ1v) is 10.8. The van der Waals surface area contributed by atoms with Gasteiger partial charge >= 0.3 is 5.97 Å². The molecule has 2 aromatic carbocycles. The summed E-state index contributed by atoms with van der Waals surface area (Å²) in [5.74, 6) is -0.126. The number of rotatable bonds is 8. The van der Waals surface area contributed by atoms with Crippen LogP contribution in [0.5, 0.6) is 11.5 Å². The third-order valence-electron chi connectivity index (χ3n) is 4.91. The summed E-state index contributed by atoms with van der Waals surface area (Å²) >= 11 is 1.37. The summed E-state index contributed by atoms with van der Waals surface area (Å²) < 4.78 is 18.2. The van der Waals surface area contributed by atoms with Gasteiger partial charge in [0.1, 0.15) is 6.54 Å². The number of para-hydroxylation sites is 1. The lowest BCUT2D eigenvalue weighted by Gasteiger charge is -2.10. The summed E-state index contributed by atoms with van der Waals surface area (Å²) in [7, 11) is 4.32. The standard InChI is InChI=1S/C23H26N2O5S/c1-5-6-8-15-11-12-17-19(13-15)31-23(25(17)14-20(26)29-3)24-22(27)16-9-7-10-18(28-2)21(16)30-4/h7,9-13H,5-6,8,14H2,1-4H3. The van der Waals surface area contributed by atoms with Gasteiger partial charge in [0.2, 0.25) is 0 Å². The second kappa shape index (κ2) is 10.3. The van der Waals surface area contributed by atoms with E-state index in [0.29, 0.717) is 16.3 Å². The smallest absolute Gasteiger partial charge is 0.325 e. The summed E-state index contributed by atoms with van der Waals surface area (Å²) in [6.45, 7) is 2.12. The number of amides is 1. The summed E-state index contributed by atoms with van der Waals surface area (Å²) in [5, 5.41) is 0. The number of ether oxygens (including phenoxy) is 3. The second-order valence-corrected chi connectivity index (χ2v) is 7.92. The van der Waals surface area contributed by atoms with Crippen molar-refractivity contribution in [3.8, 4) is 11.5 Å². The van der Waals surface area contributed by atoms with Crippen molar-refractivity contribution in [3.63, 3.8) is 0 Å². The number of hydrogen-bond donors (Lipinski definition) is 0. The van der Waals surface area contributed by atoms with Crippen molar-refractivity contribution in [1.82, 2.24) is 4.57 Å². The zero-order valence-electron chi connectivity index (χ0n) is 18.1. The van der Waals surface area contributed by atoms with Crippen LogP contribution in [-0.4, -0.2) is 37.8 Å². The lowest BCUT2D eigenvalue weighted by atomic mass is 10.1. The van der Waals surface area contributed by atoms with Crippen LogP contribution in [0.1, 0.15) is 35.7 Å². The number of hydrogen-bond acceptors (Lipinski definition) is 6. The molecule has 8 heteroatoms. The quantitative estimate of drug-likeness (QED) is 0.493. The molecule has 1 heterocycles. The van der Waals surface area contributed by atoms with Gasteiger partial charge in [0.25, 0.3) is 5.91 Å². The zero-order chi connectivity index (χ0) is 22.4. The van der Waals surface area contributed by atoms with Crippen LogP contribution < -0.4 is 14.3 Å². The van der Waals surface area contributed by atoms with Crippen molar-refractivity contribution >= 4 is 33.4 Å². The lowest BCUT2D eigenvalue weighted by molar-refractivity contribution is -0.141. The Kier molecular flexibility index (Phi) is 7.46. The largest absolute Gasteiger partial charge is 0.493 e. The van der Waals surface area contributed by atoms with Gasteiger partial charge in [-0.05, 0) is 42.7 Å². The first kappa shape index (κ1) is 22.6. The van der Waals surface area contributed by atoms with E-state index in [-0.39, 0.29) is 12.1 Å². The molecule has 3 aromatic rings. The minimum atomic E-state index is -0.480. The van der Waals surface area contributed by atoms with E-state index in [1.165, 1.54) is 38.2 Å². The molecule has 1 aromatic heterocycles. The molecule has 0 fully saturated rings. The van der Waals surface area contributed by atoms with E-state index in [1.54, 1.807) is 22.8 Å². The van der Waals surface area contributed by atoms with Crippen LogP contribution in [0, 0.1) is 0 Å². The molecule has 1 amide bonds. The molecule has 31 heavy (non-hydrogen) atoms. The van der Waals surface area contributed by atoms with Crippen LogP contribution in [0.4, 0.5) is 0 Å². The zero-order valence-corrected chi connectivity index (χ0v) is 19.0. The highest BCUT2D eigenvalue weighted by atomic mass is 32.1. The third kappa shape index (κ3) is 4.96. The molecule has 3 rings (SSSR count). The van der Waals surface area contributed by atoms with E-state index in [1.807, 2.05) is 6.07 Å². The number of fused-ring (bicyclic) bond motifs is 1. The third-order valence-corrected chi connectivity index (χ3v) is 5.95. The van der Waals surface area contributed by atoms with E-state index in [2.05, 4.69) is 24.0 Å². The van der Waals surface area contributed by atoms with Gasteiger partial charge in [0.15, 0.2) is 16.3 Å². The molecular weight excluding hydrogens is 416 g/mol. The Labute approximate surface area is 184 Å². The minimum Gasteiger partial charge on any atom is -0.493 e. The molecule has 0 atom stereocenters. The number of aryl methyl sites for hydroxylation is 1. The van der Waals surface area contributed by atoms with Crippen molar-refractivity contribution in [2.75, 3.05) is 21.3 Å². The number of methoxy groups -OCH3 is 3. The van der Waals surface area contributed by atoms with E-state index < -0.39 is 11.9 Å². The monoisotopic (exact) mass is 442 g/mol. The molecule has 164 valence electrons. The van der Waals surface area contributed by atoms with E-state index >= 15 is 0 Å². The maximum Gasteiger partial charge on any atom is 0.325 e. The number of benzene rings is 2. The van der Waals surface area contributed by atoms with Crippen molar-refractivity contribution < 1.29 is 23.8 Å².